The highest BCUT2D eigenvalue weighted by Gasteiger charge is 1.99. The Balaban J connectivity index is 0. The van der Waals surface area contributed by atoms with Crippen LogP contribution in [0.25, 0.3) is 0 Å². The van der Waals surface area contributed by atoms with Crippen LogP contribution in [0.1, 0.15) is 40.5 Å². The normalized spacial score (nSPS) is 12.3. The zero-order valence-electron chi connectivity index (χ0n) is 9.20. The molecule has 0 fully saturated rings. The second-order valence-electron chi connectivity index (χ2n) is 3.26. The molecule has 0 rings (SSSR count). The van der Waals surface area contributed by atoms with Crippen LogP contribution in [0.3, 0.4) is 0 Å². The summed E-state index contributed by atoms with van der Waals surface area (Å²) in [6.45, 7) is 9.90. The van der Waals surface area contributed by atoms with E-state index >= 15 is 0 Å². The first-order valence-electron chi connectivity index (χ1n) is 4.95. The Morgan fingerprint density at radius 2 is 1.64 bits per heavy atom. The molecule has 70 valence electrons. The average Bonchev–Trinajstić information content (AvgIpc) is 2.04. The lowest BCUT2D eigenvalue weighted by molar-refractivity contribution is -0.858. The van der Waals surface area contributed by atoms with Crippen molar-refractivity contribution in [2.45, 2.75) is 40.5 Å². The lowest BCUT2D eigenvalue weighted by Crippen LogP contribution is -3.05. The number of hydrogen-bond donors (Lipinski definition) is 1. The average molecular weight is 160 g/mol. The molecule has 0 saturated carbocycles. The van der Waals surface area contributed by atoms with E-state index in [1.54, 1.807) is 4.90 Å². The molecule has 1 atom stereocenters. The Morgan fingerprint density at radius 1 is 1.18 bits per heavy atom. The predicted molar refractivity (Wildman–Crippen MR) is 53.1 cm³/mol. The van der Waals surface area contributed by atoms with Gasteiger partial charge in [0, 0.05) is 0 Å². The van der Waals surface area contributed by atoms with E-state index in [9.17, 15) is 0 Å². The molecule has 1 heteroatoms. The molecule has 1 nitrogen and oxygen atoms in total. The largest absolute Gasteiger partial charge is 0.340 e. The van der Waals surface area contributed by atoms with E-state index in [2.05, 4.69) is 27.9 Å². The van der Waals surface area contributed by atoms with Crippen molar-refractivity contribution in [3.63, 3.8) is 0 Å². The molecule has 0 aromatic rings. The van der Waals surface area contributed by atoms with E-state index < -0.39 is 0 Å². The fourth-order valence-electron chi connectivity index (χ4n) is 0.739. The molecular formula is C10H26N+. The van der Waals surface area contributed by atoms with E-state index in [0.29, 0.717) is 0 Å². The summed E-state index contributed by atoms with van der Waals surface area (Å²) in [5, 5.41) is 0. The van der Waals surface area contributed by atoms with Crippen LogP contribution in [0, 0.1) is 5.92 Å². The Labute approximate surface area is 72.8 Å². The summed E-state index contributed by atoms with van der Waals surface area (Å²) in [5.74, 6) is 0.917. The number of nitrogens with one attached hydrogen (secondary N) is 1. The van der Waals surface area contributed by atoms with E-state index in [1.165, 1.54) is 19.4 Å². The van der Waals surface area contributed by atoms with Crippen molar-refractivity contribution in [1.82, 2.24) is 0 Å². The highest BCUT2D eigenvalue weighted by Crippen LogP contribution is 2.02. The monoisotopic (exact) mass is 160 g/mol. The number of rotatable bonds is 4. The van der Waals surface area contributed by atoms with Crippen molar-refractivity contribution in [1.29, 1.82) is 0 Å². The van der Waals surface area contributed by atoms with Crippen molar-refractivity contribution >= 4 is 0 Å². The van der Waals surface area contributed by atoms with Crippen molar-refractivity contribution < 1.29 is 4.90 Å². The van der Waals surface area contributed by atoms with Crippen LogP contribution >= 0.6 is 0 Å². The first-order valence-corrected chi connectivity index (χ1v) is 4.95. The zero-order valence-corrected chi connectivity index (χ0v) is 9.20. The summed E-state index contributed by atoms with van der Waals surface area (Å²) >= 11 is 0. The Kier molecular flexibility index (Phi) is 12.3. The summed E-state index contributed by atoms with van der Waals surface area (Å²) in [6, 6.07) is 0. The Morgan fingerprint density at radius 3 is 1.91 bits per heavy atom. The van der Waals surface area contributed by atoms with Gasteiger partial charge in [-0.3, -0.25) is 0 Å². The fraction of sp³-hybridized carbons (Fsp3) is 1.00. The van der Waals surface area contributed by atoms with Crippen LogP contribution < -0.4 is 4.90 Å². The second kappa shape index (κ2) is 9.96. The molecule has 0 heterocycles. The molecule has 0 bridgehead atoms. The van der Waals surface area contributed by atoms with Gasteiger partial charge in [0.05, 0.1) is 20.6 Å². The fourth-order valence-corrected chi connectivity index (χ4v) is 0.739. The lowest BCUT2D eigenvalue weighted by Gasteiger charge is -2.10. The first kappa shape index (κ1) is 13.5. The molecule has 11 heavy (non-hydrogen) atoms. The summed E-state index contributed by atoms with van der Waals surface area (Å²) in [6.07, 6.45) is 2.70. The van der Waals surface area contributed by atoms with Crippen LogP contribution in [0.5, 0.6) is 0 Å². The summed E-state index contributed by atoms with van der Waals surface area (Å²) < 4.78 is 0. The van der Waals surface area contributed by atoms with E-state index in [-0.39, 0.29) is 0 Å². The van der Waals surface area contributed by atoms with Crippen LogP contribution in [0.2, 0.25) is 0 Å². The topological polar surface area (TPSA) is 4.44 Å². The molecule has 1 unspecified atom stereocenters. The summed E-state index contributed by atoms with van der Waals surface area (Å²) in [4.78, 5) is 1.57. The maximum absolute atomic E-state index is 2.32. The van der Waals surface area contributed by atoms with Gasteiger partial charge in [-0.05, 0) is 12.3 Å². The van der Waals surface area contributed by atoms with Gasteiger partial charge in [-0.25, -0.2) is 0 Å². The van der Waals surface area contributed by atoms with E-state index in [1.807, 2.05) is 13.8 Å². The molecule has 1 N–H and O–H groups in total. The molecule has 0 spiro atoms. The smallest absolute Gasteiger partial charge is 0.0769 e. The van der Waals surface area contributed by atoms with E-state index in [0.717, 1.165) is 5.92 Å². The third kappa shape index (κ3) is 13.0. The minimum Gasteiger partial charge on any atom is -0.340 e. The maximum atomic E-state index is 2.32. The Hall–Kier alpha value is -0.0400. The van der Waals surface area contributed by atoms with Gasteiger partial charge in [0.15, 0.2) is 0 Å². The van der Waals surface area contributed by atoms with Gasteiger partial charge in [0.2, 0.25) is 0 Å². The standard InChI is InChI=1S/C8H19N.C2H6/c1-5-8(2)6-7-9(3)4;1-2/h8H,5-7H2,1-4H3;1-2H3/p+1. The van der Waals surface area contributed by atoms with Crippen LogP contribution in [-0.2, 0) is 0 Å². The van der Waals surface area contributed by atoms with Gasteiger partial charge in [-0.15, -0.1) is 0 Å². The third-order valence-electron chi connectivity index (χ3n) is 1.83. The zero-order chi connectivity index (χ0) is 9.28. The SMILES string of the molecule is CC.CCC(C)CC[NH+](C)C. The maximum Gasteiger partial charge on any atom is 0.0769 e. The number of quaternary nitrogens is 1. The quantitative estimate of drug-likeness (QED) is 0.637. The Bertz CT molecular complexity index is 59.9. The van der Waals surface area contributed by atoms with Crippen molar-refractivity contribution in [2.24, 2.45) is 5.92 Å². The van der Waals surface area contributed by atoms with Crippen molar-refractivity contribution in [2.75, 3.05) is 20.6 Å². The molecule has 0 aliphatic carbocycles. The third-order valence-corrected chi connectivity index (χ3v) is 1.83. The molecule has 0 aliphatic heterocycles. The van der Waals surface area contributed by atoms with Gasteiger partial charge in [0.1, 0.15) is 0 Å². The molecule has 0 amide bonds. The van der Waals surface area contributed by atoms with Gasteiger partial charge in [-0.1, -0.05) is 34.1 Å². The minimum absolute atomic E-state index is 0.917. The molecule has 0 aromatic heterocycles. The second-order valence-corrected chi connectivity index (χ2v) is 3.26. The van der Waals surface area contributed by atoms with Gasteiger partial charge in [0.25, 0.3) is 0 Å². The lowest BCUT2D eigenvalue weighted by atomic mass is 10.1. The predicted octanol–water partition coefficient (Wildman–Crippen LogP) is 1.59. The first-order chi connectivity index (χ1) is 5.16. The van der Waals surface area contributed by atoms with Crippen LogP contribution in [0.15, 0.2) is 0 Å². The molecular weight excluding hydrogens is 134 g/mol. The van der Waals surface area contributed by atoms with Crippen LogP contribution in [-0.4, -0.2) is 20.6 Å². The minimum atomic E-state index is 0.917. The van der Waals surface area contributed by atoms with Gasteiger partial charge < -0.3 is 4.90 Å². The molecule has 0 saturated heterocycles. The summed E-state index contributed by atoms with van der Waals surface area (Å²) in [7, 11) is 4.42. The van der Waals surface area contributed by atoms with E-state index in [4.69, 9.17) is 0 Å². The highest BCUT2D eigenvalue weighted by molar-refractivity contribution is 4.46. The van der Waals surface area contributed by atoms with Crippen molar-refractivity contribution in [3.05, 3.63) is 0 Å². The molecule has 0 aromatic carbocycles. The summed E-state index contributed by atoms with van der Waals surface area (Å²) in [5.41, 5.74) is 0. The highest BCUT2D eigenvalue weighted by atomic mass is 15.0. The molecule has 0 radical (unpaired) electrons. The van der Waals surface area contributed by atoms with Crippen LogP contribution in [0.4, 0.5) is 0 Å². The number of hydrogen-bond acceptors (Lipinski definition) is 0. The van der Waals surface area contributed by atoms with Gasteiger partial charge in [-0.2, -0.15) is 0 Å². The van der Waals surface area contributed by atoms with Gasteiger partial charge >= 0.3 is 0 Å². The molecule has 0 aliphatic rings. The van der Waals surface area contributed by atoms with Crippen molar-refractivity contribution in [3.8, 4) is 0 Å².